The Morgan fingerprint density at radius 3 is 2.73 bits per heavy atom. The van der Waals surface area contributed by atoms with Crippen molar-refractivity contribution in [1.29, 1.82) is 0 Å². The quantitative estimate of drug-likeness (QED) is 0.785. The van der Waals surface area contributed by atoms with Gasteiger partial charge in [-0.05, 0) is 25.3 Å². The summed E-state index contributed by atoms with van der Waals surface area (Å²) >= 11 is 0. The topological polar surface area (TPSA) is 50.9 Å². The molecular formula is C12H15N3. The Bertz CT molecular complexity index is 477. The highest BCUT2D eigenvalue weighted by Gasteiger charge is 2.04. The maximum absolute atomic E-state index is 5.75. The molecule has 15 heavy (non-hydrogen) atoms. The maximum atomic E-state index is 5.75. The van der Waals surface area contributed by atoms with E-state index < -0.39 is 0 Å². The van der Waals surface area contributed by atoms with Gasteiger partial charge in [0, 0.05) is 11.4 Å². The molecule has 0 bridgehead atoms. The van der Waals surface area contributed by atoms with Gasteiger partial charge in [0.15, 0.2) is 0 Å². The summed E-state index contributed by atoms with van der Waals surface area (Å²) in [5, 5.41) is 5.53. The van der Waals surface area contributed by atoms with Crippen LogP contribution in [0.4, 0.5) is 11.6 Å². The van der Waals surface area contributed by atoms with Gasteiger partial charge in [0.2, 0.25) is 0 Å². The van der Waals surface area contributed by atoms with Crippen molar-refractivity contribution < 1.29 is 0 Å². The molecular weight excluding hydrogens is 186 g/mol. The van der Waals surface area contributed by atoms with E-state index in [1.807, 2.05) is 30.3 Å². The first kappa shape index (κ1) is 9.77. The van der Waals surface area contributed by atoms with Crippen molar-refractivity contribution in [2.45, 2.75) is 19.9 Å². The van der Waals surface area contributed by atoms with Crippen molar-refractivity contribution >= 4 is 22.4 Å². The van der Waals surface area contributed by atoms with Crippen molar-refractivity contribution in [3.8, 4) is 0 Å². The number of pyridine rings is 1. The number of nitrogens with one attached hydrogen (secondary N) is 1. The first-order valence-electron chi connectivity index (χ1n) is 5.08. The molecule has 0 amide bonds. The lowest BCUT2D eigenvalue weighted by atomic mass is 10.1. The van der Waals surface area contributed by atoms with Gasteiger partial charge in [-0.3, -0.25) is 0 Å². The zero-order valence-corrected chi connectivity index (χ0v) is 8.99. The molecule has 0 aliphatic rings. The van der Waals surface area contributed by atoms with E-state index in [9.17, 15) is 0 Å². The van der Waals surface area contributed by atoms with Crippen molar-refractivity contribution in [3.05, 3.63) is 30.3 Å². The fourth-order valence-corrected chi connectivity index (χ4v) is 1.60. The Hall–Kier alpha value is -1.77. The Morgan fingerprint density at radius 2 is 2.00 bits per heavy atom. The molecule has 0 radical (unpaired) electrons. The number of hydrogen-bond donors (Lipinski definition) is 2. The molecule has 0 spiro atoms. The molecule has 1 aromatic carbocycles. The number of aromatic nitrogens is 1. The van der Waals surface area contributed by atoms with Crippen LogP contribution in [0.25, 0.3) is 10.8 Å². The Balaban J connectivity index is 2.60. The van der Waals surface area contributed by atoms with Crippen LogP contribution in [0, 0.1) is 0 Å². The summed E-state index contributed by atoms with van der Waals surface area (Å²) in [5.74, 6) is 1.41. The number of nitrogens with zero attached hydrogens (tertiary/aromatic N) is 1. The molecule has 1 heterocycles. The molecule has 78 valence electrons. The maximum Gasteiger partial charge on any atom is 0.136 e. The van der Waals surface area contributed by atoms with Gasteiger partial charge >= 0.3 is 0 Å². The first-order chi connectivity index (χ1) is 7.16. The molecule has 0 saturated carbocycles. The van der Waals surface area contributed by atoms with Crippen LogP contribution in [0.2, 0.25) is 0 Å². The van der Waals surface area contributed by atoms with E-state index in [-0.39, 0.29) is 0 Å². The summed E-state index contributed by atoms with van der Waals surface area (Å²) in [7, 11) is 0. The second-order valence-corrected chi connectivity index (χ2v) is 3.92. The molecule has 0 aliphatic heterocycles. The highest BCUT2D eigenvalue weighted by atomic mass is 15.0. The molecule has 0 saturated heterocycles. The van der Waals surface area contributed by atoms with E-state index >= 15 is 0 Å². The van der Waals surface area contributed by atoms with Gasteiger partial charge in [-0.25, -0.2) is 4.98 Å². The molecule has 0 fully saturated rings. The summed E-state index contributed by atoms with van der Waals surface area (Å²) in [5.41, 5.74) is 5.75. The molecule has 3 N–H and O–H groups in total. The molecule has 0 aliphatic carbocycles. The Morgan fingerprint density at radius 1 is 1.27 bits per heavy atom. The van der Waals surface area contributed by atoms with Crippen LogP contribution in [0.5, 0.6) is 0 Å². The Kier molecular flexibility index (Phi) is 2.46. The number of nitrogens with two attached hydrogens (primary N) is 1. The molecule has 0 atom stereocenters. The summed E-state index contributed by atoms with van der Waals surface area (Å²) in [6.07, 6.45) is 0. The normalized spacial score (nSPS) is 10.9. The third-order valence-corrected chi connectivity index (χ3v) is 2.19. The van der Waals surface area contributed by atoms with Crippen molar-refractivity contribution in [1.82, 2.24) is 4.98 Å². The Labute approximate surface area is 89.3 Å². The van der Waals surface area contributed by atoms with Gasteiger partial charge < -0.3 is 11.1 Å². The number of benzene rings is 1. The van der Waals surface area contributed by atoms with Gasteiger partial charge in [0.05, 0.1) is 0 Å². The standard InChI is InChI=1S/C12H15N3/c1-8(2)14-12-10-6-4-3-5-9(10)7-11(13)15-12/h3-8H,1-2H3,(H3,13,14,15). The minimum Gasteiger partial charge on any atom is -0.384 e. The number of hydrogen-bond acceptors (Lipinski definition) is 3. The number of nitrogen functional groups attached to an aromatic ring is 1. The molecule has 1 aromatic heterocycles. The van der Waals surface area contributed by atoms with E-state index in [1.165, 1.54) is 0 Å². The SMILES string of the molecule is CC(C)Nc1nc(N)cc2ccccc12. The predicted octanol–water partition coefficient (Wildman–Crippen LogP) is 2.64. The van der Waals surface area contributed by atoms with E-state index in [2.05, 4.69) is 24.1 Å². The van der Waals surface area contributed by atoms with Crippen molar-refractivity contribution in [3.63, 3.8) is 0 Å². The van der Waals surface area contributed by atoms with Crippen LogP contribution in [0.15, 0.2) is 30.3 Å². The van der Waals surface area contributed by atoms with Crippen molar-refractivity contribution in [2.24, 2.45) is 0 Å². The number of anilines is 2. The monoisotopic (exact) mass is 201 g/mol. The van der Waals surface area contributed by atoms with Crippen LogP contribution in [-0.4, -0.2) is 11.0 Å². The van der Waals surface area contributed by atoms with Gasteiger partial charge in [0.1, 0.15) is 11.6 Å². The molecule has 0 unspecified atom stereocenters. The molecule has 2 rings (SSSR count). The molecule has 3 nitrogen and oxygen atoms in total. The van der Waals surface area contributed by atoms with Gasteiger partial charge in [-0.15, -0.1) is 0 Å². The first-order valence-corrected chi connectivity index (χ1v) is 5.08. The van der Waals surface area contributed by atoms with E-state index in [4.69, 9.17) is 5.73 Å². The predicted molar refractivity (Wildman–Crippen MR) is 64.9 cm³/mol. The largest absolute Gasteiger partial charge is 0.384 e. The van der Waals surface area contributed by atoms with Gasteiger partial charge in [-0.2, -0.15) is 0 Å². The summed E-state index contributed by atoms with van der Waals surface area (Å²) in [6, 6.07) is 10.3. The number of fused-ring (bicyclic) bond motifs is 1. The van der Waals surface area contributed by atoms with E-state index in [0.717, 1.165) is 16.6 Å². The third-order valence-electron chi connectivity index (χ3n) is 2.19. The zero-order chi connectivity index (χ0) is 10.8. The smallest absolute Gasteiger partial charge is 0.136 e. The van der Waals surface area contributed by atoms with E-state index in [0.29, 0.717) is 11.9 Å². The van der Waals surface area contributed by atoms with Crippen LogP contribution < -0.4 is 11.1 Å². The summed E-state index contributed by atoms with van der Waals surface area (Å²) < 4.78 is 0. The highest BCUT2D eigenvalue weighted by Crippen LogP contribution is 2.23. The lowest BCUT2D eigenvalue weighted by molar-refractivity contribution is 0.893. The minimum absolute atomic E-state index is 0.350. The average Bonchev–Trinajstić information content (AvgIpc) is 2.16. The highest BCUT2D eigenvalue weighted by molar-refractivity contribution is 5.93. The van der Waals surface area contributed by atoms with Crippen LogP contribution in [0.3, 0.4) is 0 Å². The minimum atomic E-state index is 0.350. The zero-order valence-electron chi connectivity index (χ0n) is 8.99. The fourth-order valence-electron chi connectivity index (χ4n) is 1.60. The third kappa shape index (κ3) is 2.01. The van der Waals surface area contributed by atoms with Gasteiger partial charge in [0.25, 0.3) is 0 Å². The lowest BCUT2D eigenvalue weighted by Gasteiger charge is -2.12. The molecule has 3 heteroatoms. The summed E-state index contributed by atoms with van der Waals surface area (Å²) in [6.45, 7) is 4.17. The average molecular weight is 201 g/mol. The van der Waals surface area contributed by atoms with Crippen molar-refractivity contribution in [2.75, 3.05) is 11.1 Å². The fraction of sp³-hybridized carbons (Fsp3) is 0.250. The van der Waals surface area contributed by atoms with Crippen LogP contribution in [-0.2, 0) is 0 Å². The summed E-state index contributed by atoms with van der Waals surface area (Å²) in [4.78, 5) is 4.31. The second kappa shape index (κ2) is 3.77. The van der Waals surface area contributed by atoms with Gasteiger partial charge in [-0.1, -0.05) is 24.3 Å². The van der Waals surface area contributed by atoms with Crippen LogP contribution in [0.1, 0.15) is 13.8 Å². The number of rotatable bonds is 2. The van der Waals surface area contributed by atoms with Crippen LogP contribution >= 0.6 is 0 Å². The lowest BCUT2D eigenvalue weighted by Crippen LogP contribution is -2.12. The molecule has 2 aromatic rings. The second-order valence-electron chi connectivity index (χ2n) is 3.92. The van der Waals surface area contributed by atoms with E-state index in [1.54, 1.807) is 0 Å².